The molecule has 1 fully saturated rings. The Labute approximate surface area is 166 Å². The van der Waals surface area contributed by atoms with Gasteiger partial charge in [-0.1, -0.05) is 24.3 Å². The molecule has 150 valence electrons. The third-order valence-electron chi connectivity index (χ3n) is 4.72. The summed E-state index contributed by atoms with van der Waals surface area (Å²) in [5.41, 5.74) is -1.56. The van der Waals surface area contributed by atoms with Crippen LogP contribution in [0.2, 0.25) is 0 Å². The Balaban J connectivity index is 1.87. The summed E-state index contributed by atoms with van der Waals surface area (Å²) in [4.78, 5) is 40.2. The highest BCUT2D eigenvalue weighted by Gasteiger charge is 2.51. The molecule has 3 rings (SSSR count). The number of benzene rings is 2. The van der Waals surface area contributed by atoms with Crippen LogP contribution in [0.25, 0.3) is 0 Å². The third-order valence-corrected chi connectivity index (χ3v) is 4.72. The number of nitrogens with one attached hydrogen (secondary N) is 1. The molecule has 1 aliphatic rings. The van der Waals surface area contributed by atoms with Crippen molar-refractivity contribution < 1.29 is 23.2 Å². The van der Waals surface area contributed by atoms with Crippen molar-refractivity contribution in [3.05, 3.63) is 78.4 Å². The molecule has 1 saturated heterocycles. The number of urea groups is 1. The van der Waals surface area contributed by atoms with Gasteiger partial charge in [-0.05, 0) is 37.3 Å². The maximum Gasteiger partial charge on any atom is 0.325 e. The van der Waals surface area contributed by atoms with Crippen LogP contribution in [-0.4, -0.2) is 35.8 Å². The van der Waals surface area contributed by atoms with Crippen LogP contribution in [0.4, 0.5) is 19.3 Å². The summed E-state index contributed by atoms with van der Waals surface area (Å²) in [6.07, 6.45) is 1.52. The highest BCUT2D eigenvalue weighted by atomic mass is 19.1. The second-order valence-electron chi connectivity index (χ2n) is 6.70. The van der Waals surface area contributed by atoms with Crippen LogP contribution >= 0.6 is 0 Å². The lowest BCUT2D eigenvalue weighted by atomic mass is 9.91. The largest absolute Gasteiger partial charge is 0.325 e. The molecule has 6 nitrogen and oxygen atoms in total. The minimum absolute atomic E-state index is 0.169. The number of hydrogen-bond donors (Lipinski definition) is 1. The molecule has 0 aliphatic carbocycles. The van der Waals surface area contributed by atoms with Crippen LogP contribution in [-0.2, 0) is 15.1 Å². The maximum absolute atomic E-state index is 14.2. The molecule has 1 atom stereocenters. The molecule has 2 aromatic carbocycles. The van der Waals surface area contributed by atoms with E-state index in [-0.39, 0.29) is 12.1 Å². The molecule has 4 amide bonds. The Hall–Kier alpha value is -3.55. The minimum atomic E-state index is -1.82. The Kier molecular flexibility index (Phi) is 5.45. The van der Waals surface area contributed by atoms with E-state index in [4.69, 9.17) is 0 Å². The average molecular weight is 399 g/mol. The number of rotatable bonds is 6. The van der Waals surface area contributed by atoms with Crippen LogP contribution in [0.5, 0.6) is 0 Å². The number of hydrogen-bond acceptors (Lipinski definition) is 3. The Bertz CT molecular complexity index is 980. The zero-order valence-electron chi connectivity index (χ0n) is 15.7. The lowest BCUT2D eigenvalue weighted by Crippen LogP contribution is -2.45. The highest BCUT2D eigenvalue weighted by molar-refractivity contribution is 6.10. The summed E-state index contributed by atoms with van der Waals surface area (Å²) in [7, 11) is 0. The smallest absolute Gasteiger partial charge is 0.319 e. The zero-order chi connectivity index (χ0) is 21.2. The second-order valence-corrected chi connectivity index (χ2v) is 6.70. The average Bonchev–Trinajstić information content (AvgIpc) is 2.92. The first kappa shape index (κ1) is 20.2. The molecule has 0 spiro atoms. The molecular formula is C21H19F2N3O3. The third kappa shape index (κ3) is 3.73. The minimum Gasteiger partial charge on any atom is -0.319 e. The van der Waals surface area contributed by atoms with Gasteiger partial charge < -0.3 is 10.2 Å². The number of halogens is 2. The van der Waals surface area contributed by atoms with Crippen LogP contribution in [0.3, 0.4) is 0 Å². The lowest BCUT2D eigenvalue weighted by Gasteiger charge is -2.25. The van der Waals surface area contributed by atoms with E-state index < -0.39 is 41.6 Å². The van der Waals surface area contributed by atoms with E-state index in [0.29, 0.717) is 10.6 Å². The Morgan fingerprint density at radius 3 is 2.55 bits per heavy atom. The monoisotopic (exact) mass is 399 g/mol. The van der Waals surface area contributed by atoms with Gasteiger partial charge in [-0.15, -0.1) is 6.58 Å². The van der Waals surface area contributed by atoms with Gasteiger partial charge in [-0.2, -0.15) is 0 Å². The quantitative estimate of drug-likeness (QED) is 0.600. The normalized spacial score (nSPS) is 18.5. The fourth-order valence-corrected chi connectivity index (χ4v) is 3.21. The fraction of sp³-hybridized carbons (Fsp3) is 0.190. The van der Waals surface area contributed by atoms with Gasteiger partial charge in [0.15, 0.2) is 0 Å². The van der Waals surface area contributed by atoms with Crippen molar-refractivity contribution in [2.75, 3.05) is 18.0 Å². The van der Waals surface area contributed by atoms with Gasteiger partial charge in [0.25, 0.3) is 5.91 Å². The Morgan fingerprint density at radius 1 is 1.21 bits per heavy atom. The van der Waals surface area contributed by atoms with Crippen molar-refractivity contribution in [2.24, 2.45) is 0 Å². The molecular weight excluding hydrogens is 380 g/mol. The number of amides is 4. The SMILES string of the molecule is C=CCN(C(=O)CN1C(=O)N[C@](C)(c2cc(F)ccc2F)C1=O)c1ccccc1. The molecule has 1 aliphatic heterocycles. The van der Waals surface area contributed by atoms with Crippen LogP contribution in [0.1, 0.15) is 12.5 Å². The van der Waals surface area contributed by atoms with Gasteiger partial charge in [-0.25, -0.2) is 13.6 Å². The first-order chi connectivity index (χ1) is 13.8. The first-order valence-corrected chi connectivity index (χ1v) is 8.84. The van der Waals surface area contributed by atoms with Crippen molar-refractivity contribution in [1.29, 1.82) is 0 Å². The summed E-state index contributed by atoms with van der Waals surface area (Å²) >= 11 is 0. The standard InChI is InChI=1S/C21H19F2N3O3/c1-3-11-25(15-7-5-4-6-8-15)18(27)13-26-19(28)21(2,24-20(26)29)16-12-14(22)9-10-17(16)23/h3-10,12H,1,11,13H2,2H3,(H,24,29)/t21-/m1/s1. The van der Waals surface area contributed by atoms with E-state index in [2.05, 4.69) is 11.9 Å². The maximum atomic E-state index is 14.2. The van der Waals surface area contributed by atoms with Gasteiger partial charge in [0.05, 0.1) is 0 Å². The summed E-state index contributed by atoms with van der Waals surface area (Å²) in [6, 6.07) is 10.5. The van der Waals surface area contributed by atoms with Gasteiger partial charge in [0.2, 0.25) is 5.91 Å². The first-order valence-electron chi connectivity index (χ1n) is 8.84. The number of anilines is 1. The zero-order valence-corrected chi connectivity index (χ0v) is 15.7. The molecule has 8 heteroatoms. The van der Waals surface area contributed by atoms with Gasteiger partial charge >= 0.3 is 6.03 Å². The highest BCUT2D eigenvalue weighted by Crippen LogP contribution is 2.31. The number of para-hydroxylation sites is 1. The predicted molar refractivity (Wildman–Crippen MR) is 103 cm³/mol. The van der Waals surface area contributed by atoms with E-state index in [9.17, 15) is 23.2 Å². The van der Waals surface area contributed by atoms with Gasteiger partial charge in [-0.3, -0.25) is 14.5 Å². The molecule has 2 aromatic rings. The second kappa shape index (κ2) is 7.83. The van der Waals surface area contributed by atoms with E-state index in [0.717, 1.165) is 18.2 Å². The summed E-state index contributed by atoms with van der Waals surface area (Å²) in [5, 5.41) is 2.37. The molecule has 0 radical (unpaired) electrons. The topological polar surface area (TPSA) is 69.7 Å². The number of carbonyl (C=O) groups excluding carboxylic acids is 3. The number of nitrogens with zero attached hydrogens (tertiary/aromatic N) is 2. The molecule has 0 saturated carbocycles. The van der Waals surface area contributed by atoms with Crippen LogP contribution in [0.15, 0.2) is 61.2 Å². The molecule has 29 heavy (non-hydrogen) atoms. The van der Waals surface area contributed by atoms with Gasteiger partial charge in [0, 0.05) is 17.8 Å². The van der Waals surface area contributed by atoms with Crippen molar-refractivity contribution in [3.8, 4) is 0 Å². The predicted octanol–water partition coefficient (Wildman–Crippen LogP) is 2.95. The fourth-order valence-electron chi connectivity index (χ4n) is 3.21. The van der Waals surface area contributed by atoms with Crippen molar-refractivity contribution >= 4 is 23.5 Å². The molecule has 0 unspecified atom stereocenters. The van der Waals surface area contributed by atoms with E-state index in [1.165, 1.54) is 17.9 Å². The summed E-state index contributed by atoms with van der Waals surface area (Å²) < 4.78 is 27.8. The number of imide groups is 1. The van der Waals surface area contributed by atoms with Crippen molar-refractivity contribution in [3.63, 3.8) is 0 Å². The summed E-state index contributed by atoms with van der Waals surface area (Å²) in [6.45, 7) is 4.51. The van der Waals surface area contributed by atoms with E-state index >= 15 is 0 Å². The van der Waals surface area contributed by atoms with E-state index in [1.807, 2.05) is 0 Å². The van der Waals surface area contributed by atoms with Crippen LogP contribution < -0.4 is 10.2 Å². The van der Waals surface area contributed by atoms with Crippen molar-refractivity contribution in [2.45, 2.75) is 12.5 Å². The summed E-state index contributed by atoms with van der Waals surface area (Å²) in [5.74, 6) is -2.95. The molecule has 1 heterocycles. The van der Waals surface area contributed by atoms with Gasteiger partial charge in [0.1, 0.15) is 23.7 Å². The molecule has 0 aromatic heterocycles. The van der Waals surface area contributed by atoms with E-state index in [1.54, 1.807) is 30.3 Å². The van der Waals surface area contributed by atoms with Crippen molar-refractivity contribution in [1.82, 2.24) is 10.2 Å². The Morgan fingerprint density at radius 2 is 1.90 bits per heavy atom. The number of carbonyl (C=O) groups is 3. The molecule has 1 N–H and O–H groups in total. The lowest BCUT2D eigenvalue weighted by molar-refractivity contribution is -0.134. The molecule has 0 bridgehead atoms. The van der Waals surface area contributed by atoms with Crippen LogP contribution in [0, 0.1) is 11.6 Å².